The van der Waals surface area contributed by atoms with Crippen LogP contribution in [0.4, 0.5) is 11.6 Å². The molecular formula is C12H22N4O. The Morgan fingerprint density at radius 2 is 2.06 bits per heavy atom. The highest BCUT2D eigenvalue weighted by molar-refractivity contribution is 5.56. The van der Waals surface area contributed by atoms with Crippen LogP contribution in [0.25, 0.3) is 0 Å². The van der Waals surface area contributed by atoms with Gasteiger partial charge in [0.25, 0.3) is 0 Å². The van der Waals surface area contributed by atoms with Crippen LogP contribution >= 0.6 is 0 Å². The van der Waals surface area contributed by atoms with E-state index in [1.165, 1.54) is 0 Å². The van der Waals surface area contributed by atoms with Gasteiger partial charge in [-0.05, 0) is 20.3 Å². The summed E-state index contributed by atoms with van der Waals surface area (Å²) in [6.45, 7) is 6.46. The first kappa shape index (κ1) is 13.7. The van der Waals surface area contributed by atoms with Crippen molar-refractivity contribution >= 4 is 11.6 Å². The van der Waals surface area contributed by atoms with E-state index in [0.29, 0.717) is 12.2 Å². The maximum Gasteiger partial charge on any atom is 0.137 e. The third-order valence-corrected chi connectivity index (χ3v) is 2.76. The average molecular weight is 238 g/mol. The summed E-state index contributed by atoms with van der Waals surface area (Å²) in [6.07, 6.45) is 1.17. The molecule has 0 spiro atoms. The van der Waals surface area contributed by atoms with Gasteiger partial charge in [0.15, 0.2) is 0 Å². The monoisotopic (exact) mass is 238 g/mol. The van der Waals surface area contributed by atoms with Gasteiger partial charge in [-0.1, -0.05) is 6.92 Å². The van der Waals surface area contributed by atoms with E-state index in [4.69, 9.17) is 5.73 Å². The largest absolute Gasteiger partial charge is 0.393 e. The first-order valence-electron chi connectivity index (χ1n) is 5.97. The highest BCUT2D eigenvalue weighted by Crippen LogP contribution is 2.21. The Kier molecular flexibility index (Phi) is 4.69. The molecule has 0 radical (unpaired) electrons. The molecule has 1 heterocycles. The summed E-state index contributed by atoms with van der Waals surface area (Å²) in [5, 5.41) is 9.29. The fraction of sp³-hybridized carbons (Fsp3) is 0.667. The fourth-order valence-electron chi connectivity index (χ4n) is 1.58. The number of rotatable bonds is 5. The van der Waals surface area contributed by atoms with Crippen molar-refractivity contribution in [2.75, 3.05) is 24.2 Å². The van der Waals surface area contributed by atoms with Gasteiger partial charge >= 0.3 is 0 Å². The lowest BCUT2D eigenvalue weighted by atomic mass is 10.2. The van der Waals surface area contributed by atoms with Crippen LogP contribution in [0, 0.1) is 6.92 Å². The highest BCUT2D eigenvalue weighted by Gasteiger charge is 2.12. The van der Waals surface area contributed by atoms with Crippen LogP contribution in [0.15, 0.2) is 0 Å². The first-order valence-corrected chi connectivity index (χ1v) is 5.97. The van der Waals surface area contributed by atoms with Crippen molar-refractivity contribution in [2.45, 2.75) is 39.7 Å². The summed E-state index contributed by atoms with van der Waals surface area (Å²) in [6, 6.07) is 0. The van der Waals surface area contributed by atoms with Gasteiger partial charge in [0.2, 0.25) is 0 Å². The van der Waals surface area contributed by atoms with E-state index in [1.807, 2.05) is 25.8 Å². The third kappa shape index (κ3) is 3.56. The highest BCUT2D eigenvalue weighted by atomic mass is 16.3. The Balaban J connectivity index is 2.91. The zero-order valence-electron chi connectivity index (χ0n) is 11.1. The fourth-order valence-corrected chi connectivity index (χ4v) is 1.58. The van der Waals surface area contributed by atoms with Gasteiger partial charge < -0.3 is 15.7 Å². The molecule has 1 unspecified atom stereocenters. The molecule has 1 aromatic rings. The molecule has 0 saturated heterocycles. The van der Waals surface area contributed by atoms with Crippen molar-refractivity contribution in [1.82, 2.24) is 9.97 Å². The van der Waals surface area contributed by atoms with Crippen molar-refractivity contribution in [2.24, 2.45) is 0 Å². The molecular weight excluding hydrogens is 216 g/mol. The number of aliphatic hydroxyl groups is 1. The second-order valence-corrected chi connectivity index (χ2v) is 4.39. The summed E-state index contributed by atoms with van der Waals surface area (Å²) in [5.41, 5.74) is 6.76. The van der Waals surface area contributed by atoms with Gasteiger partial charge in [-0.25, -0.2) is 9.97 Å². The van der Waals surface area contributed by atoms with Crippen LogP contribution in [0.3, 0.4) is 0 Å². The van der Waals surface area contributed by atoms with E-state index in [0.717, 1.165) is 30.2 Å². The van der Waals surface area contributed by atoms with Crippen molar-refractivity contribution < 1.29 is 5.11 Å². The van der Waals surface area contributed by atoms with Gasteiger partial charge in [0.05, 0.1) is 6.10 Å². The van der Waals surface area contributed by atoms with Gasteiger partial charge in [0.1, 0.15) is 17.5 Å². The smallest absolute Gasteiger partial charge is 0.137 e. The molecule has 0 aromatic carbocycles. The van der Waals surface area contributed by atoms with Crippen LogP contribution in [-0.2, 0) is 6.42 Å². The minimum atomic E-state index is -0.303. The molecule has 0 fully saturated rings. The molecule has 0 aliphatic heterocycles. The molecule has 0 aliphatic rings. The zero-order chi connectivity index (χ0) is 13.0. The maximum atomic E-state index is 9.29. The molecule has 0 amide bonds. The van der Waals surface area contributed by atoms with Crippen LogP contribution in [0.5, 0.6) is 0 Å². The van der Waals surface area contributed by atoms with Crippen LogP contribution in [0.1, 0.15) is 31.7 Å². The van der Waals surface area contributed by atoms with Crippen molar-refractivity contribution in [3.8, 4) is 0 Å². The van der Waals surface area contributed by atoms with Crippen molar-refractivity contribution in [1.29, 1.82) is 0 Å². The van der Waals surface area contributed by atoms with Crippen LogP contribution in [0.2, 0.25) is 0 Å². The van der Waals surface area contributed by atoms with Crippen molar-refractivity contribution in [3.63, 3.8) is 0 Å². The topological polar surface area (TPSA) is 75.3 Å². The molecule has 0 saturated carbocycles. The van der Waals surface area contributed by atoms with Crippen LogP contribution < -0.4 is 10.6 Å². The lowest BCUT2D eigenvalue weighted by Gasteiger charge is -2.22. The van der Waals surface area contributed by atoms with E-state index in [2.05, 4.69) is 9.97 Å². The number of nitrogens with zero attached hydrogens (tertiary/aromatic N) is 3. The normalized spacial score (nSPS) is 12.5. The molecule has 0 aliphatic carbocycles. The first-order chi connectivity index (χ1) is 7.95. The van der Waals surface area contributed by atoms with E-state index in [1.54, 1.807) is 6.92 Å². The molecule has 5 nitrogen and oxygen atoms in total. The SMILES string of the molecule is CCc1nc(N)c(C)c(N(C)CCC(C)O)n1. The molecule has 1 atom stereocenters. The van der Waals surface area contributed by atoms with E-state index in [9.17, 15) is 5.11 Å². The number of nitrogen functional groups attached to an aromatic ring is 1. The Hall–Kier alpha value is -1.36. The Morgan fingerprint density at radius 3 is 2.59 bits per heavy atom. The quantitative estimate of drug-likeness (QED) is 0.804. The van der Waals surface area contributed by atoms with Crippen molar-refractivity contribution in [3.05, 3.63) is 11.4 Å². The standard InChI is InChI=1S/C12H22N4O/c1-5-10-14-11(13)9(3)12(15-10)16(4)7-6-8(2)17/h8,17H,5-7H2,1-4H3,(H2,13,14,15). The van der Waals surface area contributed by atoms with Gasteiger partial charge in [0, 0.05) is 25.6 Å². The molecule has 5 heteroatoms. The molecule has 96 valence electrons. The number of hydrogen-bond donors (Lipinski definition) is 2. The minimum absolute atomic E-state index is 0.303. The second-order valence-electron chi connectivity index (χ2n) is 4.39. The van der Waals surface area contributed by atoms with E-state index < -0.39 is 0 Å². The zero-order valence-corrected chi connectivity index (χ0v) is 11.1. The predicted molar refractivity (Wildman–Crippen MR) is 70.1 cm³/mol. The molecule has 0 bridgehead atoms. The minimum Gasteiger partial charge on any atom is -0.393 e. The molecule has 17 heavy (non-hydrogen) atoms. The lowest BCUT2D eigenvalue weighted by molar-refractivity contribution is 0.187. The Labute approximate surface area is 103 Å². The summed E-state index contributed by atoms with van der Waals surface area (Å²) in [5.74, 6) is 2.15. The Morgan fingerprint density at radius 1 is 1.41 bits per heavy atom. The van der Waals surface area contributed by atoms with Gasteiger partial charge in [-0.3, -0.25) is 0 Å². The van der Waals surface area contributed by atoms with Crippen LogP contribution in [-0.4, -0.2) is 34.8 Å². The number of anilines is 2. The van der Waals surface area contributed by atoms with E-state index >= 15 is 0 Å². The molecule has 1 rings (SSSR count). The summed E-state index contributed by atoms with van der Waals surface area (Å²) >= 11 is 0. The maximum absolute atomic E-state index is 9.29. The number of aliphatic hydroxyl groups excluding tert-OH is 1. The molecule has 1 aromatic heterocycles. The summed E-state index contributed by atoms with van der Waals surface area (Å²) in [4.78, 5) is 10.7. The van der Waals surface area contributed by atoms with E-state index in [-0.39, 0.29) is 6.10 Å². The Bertz CT molecular complexity index is 379. The molecule has 3 N–H and O–H groups in total. The predicted octanol–water partition coefficient (Wildman–Crippen LogP) is 1.14. The average Bonchev–Trinajstić information content (AvgIpc) is 2.29. The number of hydrogen-bond acceptors (Lipinski definition) is 5. The number of nitrogens with two attached hydrogens (primary N) is 1. The number of aryl methyl sites for hydroxylation is 1. The lowest BCUT2D eigenvalue weighted by Crippen LogP contribution is -2.24. The van der Waals surface area contributed by atoms with Gasteiger partial charge in [-0.15, -0.1) is 0 Å². The second kappa shape index (κ2) is 5.82. The van der Waals surface area contributed by atoms with Gasteiger partial charge in [-0.2, -0.15) is 0 Å². The third-order valence-electron chi connectivity index (χ3n) is 2.76. The summed E-state index contributed by atoms with van der Waals surface area (Å²) in [7, 11) is 1.95. The summed E-state index contributed by atoms with van der Waals surface area (Å²) < 4.78 is 0. The number of aromatic nitrogens is 2.